The van der Waals surface area contributed by atoms with E-state index in [4.69, 9.17) is 4.42 Å². The van der Waals surface area contributed by atoms with Crippen LogP contribution in [0.5, 0.6) is 0 Å². The van der Waals surface area contributed by atoms with E-state index in [2.05, 4.69) is 23.6 Å². The first-order valence-electron chi connectivity index (χ1n) is 9.21. The Kier molecular flexibility index (Phi) is 6.43. The van der Waals surface area contributed by atoms with Gasteiger partial charge in [0.25, 0.3) is 5.91 Å². The fraction of sp³-hybridized carbons (Fsp3) is 0.579. The minimum atomic E-state index is -0.0144. The molecule has 7 heteroatoms. The Balaban J connectivity index is 1.77. The van der Waals surface area contributed by atoms with Gasteiger partial charge in [-0.2, -0.15) is 16.9 Å². The molecule has 3 rings (SSSR count). The number of thioether (sulfide) groups is 1. The number of aromatic nitrogens is 2. The van der Waals surface area contributed by atoms with Crippen molar-refractivity contribution in [1.29, 1.82) is 0 Å². The molecule has 26 heavy (non-hydrogen) atoms. The number of rotatable bonds is 8. The quantitative estimate of drug-likeness (QED) is 0.718. The van der Waals surface area contributed by atoms with Gasteiger partial charge < -0.3 is 14.6 Å². The van der Waals surface area contributed by atoms with Crippen LogP contribution in [0.15, 0.2) is 23.0 Å². The third-order valence-corrected chi connectivity index (χ3v) is 5.55. The molecule has 1 unspecified atom stereocenters. The van der Waals surface area contributed by atoms with E-state index in [0.29, 0.717) is 18.3 Å². The summed E-state index contributed by atoms with van der Waals surface area (Å²) in [5.74, 6) is 1.09. The number of aryl methyl sites for hydroxylation is 1. The molecular weight excluding hydrogens is 348 g/mol. The zero-order valence-electron chi connectivity index (χ0n) is 15.8. The molecule has 1 amide bonds. The van der Waals surface area contributed by atoms with Crippen molar-refractivity contribution in [3.8, 4) is 0 Å². The molecule has 1 N–H and O–H groups in total. The van der Waals surface area contributed by atoms with Crippen molar-refractivity contribution in [2.75, 3.05) is 25.6 Å². The molecule has 1 atom stereocenters. The van der Waals surface area contributed by atoms with Crippen LogP contribution in [0.1, 0.15) is 40.7 Å². The van der Waals surface area contributed by atoms with E-state index in [1.54, 1.807) is 17.4 Å². The highest BCUT2D eigenvalue weighted by Crippen LogP contribution is 2.26. The molecule has 0 aromatic carbocycles. The van der Waals surface area contributed by atoms with Crippen molar-refractivity contribution in [3.05, 3.63) is 41.1 Å². The van der Waals surface area contributed by atoms with Crippen LogP contribution in [0.2, 0.25) is 0 Å². The Bertz CT molecular complexity index is 726. The van der Waals surface area contributed by atoms with Gasteiger partial charge in [-0.25, -0.2) is 0 Å². The predicted octanol–water partition coefficient (Wildman–Crippen LogP) is 2.58. The predicted molar refractivity (Wildman–Crippen MR) is 105 cm³/mol. The number of furan rings is 1. The molecule has 0 aliphatic heterocycles. The van der Waals surface area contributed by atoms with Crippen LogP contribution in [-0.4, -0.2) is 52.2 Å². The van der Waals surface area contributed by atoms with Crippen molar-refractivity contribution in [2.45, 2.75) is 45.3 Å². The van der Waals surface area contributed by atoms with Crippen LogP contribution in [0, 0.1) is 0 Å². The summed E-state index contributed by atoms with van der Waals surface area (Å²) in [7, 11) is 1.82. The lowest BCUT2D eigenvalue weighted by Crippen LogP contribution is -2.37. The standard InChI is InChI=1S/C19H28N4O2S/c1-4-23-17-6-5-15(20-8-10-26-3)11-16(17)18(21-23)19(24)22(2)12-14-7-9-25-13-14/h7,9,13,15,20H,4-6,8,10-12H2,1-3H3. The molecule has 0 fully saturated rings. The van der Waals surface area contributed by atoms with Crippen molar-refractivity contribution < 1.29 is 9.21 Å². The lowest BCUT2D eigenvalue weighted by atomic mass is 9.91. The zero-order valence-corrected chi connectivity index (χ0v) is 16.6. The molecular formula is C19H28N4O2S. The van der Waals surface area contributed by atoms with E-state index in [1.807, 2.05) is 29.6 Å². The summed E-state index contributed by atoms with van der Waals surface area (Å²) in [6.07, 6.45) is 8.39. The van der Waals surface area contributed by atoms with E-state index in [-0.39, 0.29) is 5.91 Å². The summed E-state index contributed by atoms with van der Waals surface area (Å²) in [5.41, 5.74) is 3.96. The molecule has 0 radical (unpaired) electrons. The van der Waals surface area contributed by atoms with Gasteiger partial charge in [-0.1, -0.05) is 0 Å². The molecule has 0 saturated carbocycles. The second kappa shape index (κ2) is 8.77. The van der Waals surface area contributed by atoms with Gasteiger partial charge in [-0.15, -0.1) is 0 Å². The first-order chi connectivity index (χ1) is 12.6. The Morgan fingerprint density at radius 1 is 1.54 bits per heavy atom. The maximum absolute atomic E-state index is 13.0. The molecule has 142 valence electrons. The van der Waals surface area contributed by atoms with Crippen LogP contribution in [0.3, 0.4) is 0 Å². The molecule has 1 aliphatic rings. The highest BCUT2D eigenvalue weighted by atomic mass is 32.2. The molecule has 0 spiro atoms. The summed E-state index contributed by atoms with van der Waals surface area (Å²) < 4.78 is 7.11. The van der Waals surface area contributed by atoms with E-state index >= 15 is 0 Å². The van der Waals surface area contributed by atoms with Crippen LogP contribution < -0.4 is 5.32 Å². The minimum absolute atomic E-state index is 0.0144. The Hall–Kier alpha value is -1.73. The number of nitrogens with one attached hydrogen (secondary N) is 1. The van der Waals surface area contributed by atoms with E-state index in [0.717, 1.165) is 49.2 Å². The third kappa shape index (κ3) is 4.15. The number of carbonyl (C=O) groups is 1. The molecule has 2 heterocycles. The zero-order chi connectivity index (χ0) is 18.5. The smallest absolute Gasteiger partial charge is 0.274 e. The molecule has 6 nitrogen and oxygen atoms in total. The van der Waals surface area contributed by atoms with Gasteiger partial charge in [0.1, 0.15) is 0 Å². The molecule has 2 aromatic rings. The van der Waals surface area contributed by atoms with E-state index < -0.39 is 0 Å². The topological polar surface area (TPSA) is 63.3 Å². The summed E-state index contributed by atoms with van der Waals surface area (Å²) in [5, 5.41) is 8.29. The number of nitrogens with zero attached hydrogens (tertiary/aromatic N) is 3. The second-order valence-corrected chi connectivity index (χ2v) is 7.75. The van der Waals surface area contributed by atoms with Gasteiger partial charge in [-0.3, -0.25) is 9.48 Å². The van der Waals surface area contributed by atoms with Crippen LogP contribution in [-0.2, 0) is 25.9 Å². The monoisotopic (exact) mass is 376 g/mol. The number of fused-ring (bicyclic) bond motifs is 1. The Morgan fingerprint density at radius 3 is 3.08 bits per heavy atom. The van der Waals surface area contributed by atoms with Crippen molar-refractivity contribution in [2.24, 2.45) is 0 Å². The maximum Gasteiger partial charge on any atom is 0.274 e. The average Bonchev–Trinajstić information content (AvgIpc) is 3.28. The van der Waals surface area contributed by atoms with Crippen LogP contribution in [0.4, 0.5) is 0 Å². The van der Waals surface area contributed by atoms with E-state index in [1.165, 1.54) is 5.69 Å². The summed E-state index contributed by atoms with van der Waals surface area (Å²) in [6, 6.07) is 2.31. The van der Waals surface area contributed by atoms with Crippen molar-refractivity contribution in [1.82, 2.24) is 20.0 Å². The van der Waals surface area contributed by atoms with Gasteiger partial charge in [-0.05, 0) is 38.5 Å². The van der Waals surface area contributed by atoms with Gasteiger partial charge in [0.05, 0.1) is 12.5 Å². The number of carbonyl (C=O) groups excluding carboxylic acids is 1. The van der Waals surface area contributed by atoms with Gasteiger partial charge in [0.2, 0.25) is 0 Å². The van der Waals surface area contributed by atoms with Crippen LogP contribution in [0.25, 0.3) is 0 Å². The van der Waals surface area contributed by atoms with E-state index in [9.17, 15) is 4.79 Å². The Labute approximate surface area is 159 Å². The average molecular weight is 377 g/mol. The Morgan fingerprint density at radius 2 is 2.38 bits per heavy atom. The fourth-order valence-corrected chi connectivity index (χ4v) is 3.89. The molecule has 0 bridgehead atoms. The lowest BCUT2D eigenvalue weighted by Gasteiger charge is -2.25. The van der Waals surface area contributed by atoms with Crippen molar-refractivity contribution in [3.63, 3.8) is 0 Å². The van der Waals surface area contributed by atoms with Crippen molar-refractivity contribution >= 4 is 17.7 Å². The lowest BCUT2D eigenvalue weighted by molar-refractivity contribution is 0.0777. The molecule has 0 saturated heterocycles. The molecule has 1 aliphatic carbocycles. The summed E-state index contributed by atoms with van der Waals surface area (Å²) in [4.78, 5) is 14.8. The van der Waals surface area contributed by atoms with Crippen LogP contribution >= 0.6 is 11.8 Å². The SMILES string of the molecule is CCn1nc(C(=O)N(C)Cc2ccoc2)c2c1CCC(NCCSC)C2. The first-order valence-corrected chi connectivity index (χ1v) is 10.6. The normalized spacial score (nSPS) is 16.5. The fourth-order valence-electron chi connectivity index (χ4n) is 3.57. The first kappa shape index (κ1) is 19.0. The highest BCUT2D eigenvalue weighted by molar-refractivity contribution is 7.98. The largest absolute Gasteiger partial charge is 0.472 e. The van der Waals surface area contributed by atoms with Gasteiger partial charge in [0.15, 0.2) is 5.69 Å². The number of amides is 1. The second-order valence-electron chi connectivity index (χ2n) is 6.77. The summed E-state index contributed by atoms with van der Waals surface area (Å²) >= 11 is 1.85. The van der Waals surface area contributed by atoms with Gasteiger partial charge in [0, 0.05) is 55.3 Å². The van der Waals surface area contributed by atoms with Gasteiger partial charge >= 0.3 is 0 Å². The summed E-state index contributed by atoms with van der Waals surface area (Å²) in [6.45, 7) is 4.41. The number of hydrogen-bond acceptors (Lipinski definition) is 5. The minimum Gasteiger partial charge on any atom is -0.472 e. The number of hydrogen-bond donors (Lipinski definition) is 1. The highest BCUT2D eigenvalue weighted by Gasteiger charge is 2.30. The molecule has 2 aromatic heterocycles. The third-order valence-electron chi connectivity index (χ3n) is 4.93. The maximum atomic E-state index is 13.0.